The van der Waals surface area contributed by atoms with Crippen LogP contribution < -0.4 is 9.64 Å². The fraction of sp³-hybridized carbons (Fsp3) is 0.261. The summed E-state index contributed by atoms with van der Waals surface area (Å²) in [5.74, 6) is -1.51. The van der Waals surface area contributed by atoms with Crippen molar-refractivity contribution in [2.24, 2.45) is 0 Å². The zero-order chi connectivity index (χ0) is 21.1. The quantitative estimate of drug-likeness (QED) is 0.632. The van der Waals surface area contributed by atoms with Gasteiger partial charge >= 0.3 is 11.7 Å². The van der Waals surface area contributed by atoms with Crippen LogP contribution in [0.25, 0.3) is 10.9 Å². The van der Waals surface area contributed by atoms with Crippen LogP contribution in [0, 0.1) is 0 Å². The highest BCUT2D eigenvalue weighted by Crippen LogP contribution is 2.29. The maximum absolute atomic E-state index is 12.6. The minimum absolute atomic E-state index is 0.345. The van der Waals surface area contributed by atoms with E-state index in [4.69, 9.17) is 4.74 Å². The van der Waals surface area contributed by atoms with E-state index in [2.05, 4.69) is 9.88 Å². The first-order valence-corrected chi connectivity index (χ1v) is 9.84. The van der Waals surface area contributed by atoms with Crippen LogP contribution in [0.3, 0.4) is 0 Å². The van der Waals surface area contributed by atoms with E-state index in [9.17, 15) is 14.7 Å². The zero-order valence-corrected chi connectivity index (χ0v) is 16.7. The maximum Gasteiger partial charge on any atom is 0.372 e. The number of aromatic nitrogens is 1. The average molecular weight is 405 g/mol. The van der Waals surface area contributed by atoms with Crippen molar-refractivity contribution >= 4 is 28.3 Å². The number of ether oxygens (including phenoxy) is 1. The van der Waals surface area contributed by atoms with Crippen molar-refractivity contribution in [3.05, 3.63) is 66.9 Å². The molecule has 1 atom stereocenters. The number of carboxylic acids is 1. The van der Waals surface area contributed by atoms with Crippen molar-refractivity contribution in [2.75, 3.05) is 31.1 Å². The Hall–Kier alpha value is -3.45. The number of hydrogen-bond acceptors (Lipinski definition) is 6. The molecule has 0 saturated carbocycles. The first kappa shape index (κ1) is 19.8. The van der Waals surface area contributed by atoms with Crippen LogP contribution in [0.15, 0.2) is 66.9 Å². The lowest BCUT2D eigenvalue weighted by atomic mass is 10.0. The van der Waals surface area contributed by atoms with Crippen molar-refractivity contribution in [2.45, 2.75) is 12.6 Å². The van der Waals surface area contributed by atoms with Crippen LogP contribution in [0.4, 0.5) is 5.69 Å². The van der Waals surface area contributed by atoms with Gasteiger partial charge in [-0.3, -0.25) is 9.78 Å². The molecule has 1 saturated heterocycles. The second-order valence-corrected chi connectivity index (χ2v) is 7.24. The number of benzene rings is 2. The molecule has 0 spiro atoms. The summed E-state index contributed by atoms with van der Waals surface area (Å²) in [7, 11) is 0. The standard InChI is InChI=1S/C23H23N3O4/c1-17(27)23(22(28)29,30-18-7-3-2-4-8-18)26-15-13-25(14-16-26)21-11-12-24-20-10-6-5-9-19(20)21/h2-12H,13-16H2,1H3,(H,28,29). The van der Waals surface area contributed by atoms with Crippen molar-refractivity contribution in [1.82, 2.24) is 9.88 Å². The summed E-state index contributed by atoms with van der Waals surface area (Å²) < 4.78 is 5.82. The molecule has 1 unspecified atom stereocenters. The Bertz CT molecular complexity index is 1040. The van der Waals surface area contributed by atoms with Crippen LogP contribution in [0.5, 0.6) is 5.75 Å². The Morgan fingerprint density at radius 3 is 2.30 bits per heavy atom. The third-order valence-corrected chi connectivity index (χ3v) is 5.47. The monoisotopic (exact) mass is 405 g/mol. The number of fused-ring (bicyclic) bond motifs is 1. The summed E-state index contributed by atoms with van der Waals surface area (Å²) in [6.45, 7) is 3.13. The van der Waals surface area contributed by atoms with Crippen molar-refractivity contribution in [3.8, 4) is 5.75 Å². The molecule has 1 fully saturated rings. The van der Waals surface area contributed by atoms with Gasteiger partial charge < -0.3 is 14.7 Å². The predicted molar refractivity (Wildman–Crippen MR) is 114 cm³/mol. The van der Waals surface area contributed by atoms with Gasteiger partial charge in [0.2, 0.25) is 5.78 Å². The highest BCUT2D eigenvalue weighted by molar-refractivity contribution is 6.05. The number of carbonyl (C=O) groups is 2. The smallest absolute Gasteiger partial charge is 0.372 e. The Morgan fingerprint density at radius 1 is 0.967 bits per heavy atom. The highest BCUT2D eigenvalue weighted by atomic mass is 16.6. The van der Waals surface area contributed by atoms with Gasteiger partial charge in [0, 0.05) is 50.4 Å². The number of piperazine rings is 1. The molecule has 1 N–H and O–H groups in total. The number of pyridine rings is 1. The third kappa shape index (κ3) is 3.48. The fourth-order valence-corrected chi connectivity index (χ4v) is 3.97. The zero-order valence-electron chi connectivity index (χ0n) is 16.7. The molecule has 2 heterocycles. The molecule has 0 aliphatic carbocycles. The molecular weight excluding hydrogens is 382 g/mol. The molecular formula is C23H23N3O4. The van der Waals surface area contributed by atoms with E-state index in [-0.39, 0.29) is 0 Å². The van der Waals surface area contributed by atoms with Gasteiger partial charge in [-0.15, -0.1) is 0 Å². The van der Waals surface area contributed by atoms with Crippen LogP contribution in [-0.2, 0) is 9.59 Å². The molecule has 7 heteroatoms. The molecule has 1 aliphatic rings. The Kier molecular flexibility index (Phi) is 5.37. The number of anilines is 1. The molecule has 2 aromatic carbocycles. The Labute approximate surface area is 174 Å². The van der Waals surface area contributed by atoms with Gasteiger partial charge in [0.25, 0.3) is 0 Å². The first-order valence-electron chi connectivity index (χ1n) is 9.84. The van der Waals surface area contributed by atoms with Crippen LogP contribution in [0.1, 0.15) is 6.92 Å². The summed E-state index contributed by atoms with van der Waals surface area (Å²) in [5, 5.41) is 11.1. The number of nitrogens with zero attached hydrogens (tertiary/aromatic N) is 3. The normalized spacial score (nSPS) is 16.8. The largest absolute Gasteiger partial charge is 0.477 e. The summed E-state index contributed by atoms with van der Waals surface area (Å²) in [6, 6.07) is 18.5. The lowest BCUT2D eigenvalue weighted by molar-refractivity contribution is -0.181. The number of para-hydroxylation sites is 2. The number of hydrogen-bond donors (Lipinski definition) is 1. The molecule has 0 amide bonds. The van der Waals surface area contributed by atoms with E-state index >= 15 is 0 Å². The fourth-order valence-electron chi connectivity index (χ4n) is 3.97. The molecule has 30 heavy (non-hydrogen) atoms. The van der Waals surface area contributed by atoms with Crippen LogP contribution in [-0.4, -0.2) is 58.6 Å². The number of aliphatic carboxylic acids is 1. The van der Waals surface area contributed by atoms with Crippen LogP contribution >= 0.6 is 0 Å². The van der Waals surface area contributed by atoms with E-state index in [0.29, 0.717) is 31.9 Å². The summed E-state index contributed by atoms with van der Waals surface area (Å²) in [6.07, 6.45) is 1.78. The lowest BCUT2D eigenvalue weighted by Gasteiger charge is -2.43. The number of Topliss-reactive ketones (excluding diaryl/α,β-unsaturated/α-hetero) is 1. The highest BCUT2D eigenvalue weighted by Gasteiger charge is 2.52. The molecule has 1 aromatic heterocycles. The van der Waals surface area contributed by atoms with E-state index in [1.165, 1.54) is 6.92 Å². The van der Waals surface area contributed by atoms with Gasteiger partial charge in [0.1, 0.15) is 5.75 Å². The minimum Gasteiger partial charge on any atom is -0.477 e. The van der Waals surface area contributed by atoms with E-state index in [0.717, 1.165) is 16.6 Å². The maximum atomic E-state index is 12.6. The predicted octanol–water partition coefficient (Wildman–Crippen LogP) is 2.81. The second kappa shape index (κ2) is 8.12. The van der Waals surface area contributed by atoms with Crippen molar-refractivity contribution in [3.63, 3.8) is 0 Å². The first-order chi connectivity index (χ1) is 14.5. The Morgan fingerprint density at radius 2 is 1.63 bits per heavy atom. The summed E-state index contributed by atoms with van der Waals surface area (Å²) in [5.41, 5.74) is -0.0882. The third-order valence-electron chi connectivity index (χ3n) is 5.47. The van der Waals surface area contributed by atoms with Gasteiger partial charge in [-0.2, -0.15) is 0 Å². The van der Waals surface area contributed by atoms with Gasteiger partial charge in [-0.1, -0.05) is 36.4 Å². The van der Waals surface area contributed by atoms with Crippen LogP contribution in [0.2, 0.25) is 0 Å². The molecule has 1 aliphatic heterocycles. The van der Waals surface area contributed by atoms with E-state index in [1.54, 1.807) is 41.4 Å². The lowest BCUT2D eigenvalue weighted by Crippen LogP contribution is -2.67. The van der Waals surface area contributed by atoms with Crippen molar-refractivity contribution in [1.29, 1.82) is 0 Å². The average Bonchev–Trinajstić information content (AvgIpc) is 2.77. The van der Waals surface area contributed by atoms with Gasteiger partial charge in [-0.25, -0.2) is 9.69 Å². The molecule has 0 bridgehead atoms. The number of ketones is 1. The van der Waals surface area contributed by atoms with Gasteiger partial charge in [-0.05, 0) is 24.3 Å². The summed E-state index contributed by atoms with van der Waals surface area (Å²) in [4.78, 5) is 33.1. The number of carboxylic acid groups (broad SMARTS) is 1. The van der Waals surface area contributed by atoms with Crippen molar-refractivity contribution < 1.29 is 19.4 Å². The molecule has 3 aromatic rings. The topological polar surface area (TPSA) is 83.0 Å². The van der Waals surface area contributed by atoms with Gasteiger partial charge in [0.05, 0.1) is 5.52 Å². The molecule has 7 nitrogen and oxygen atoms in total. The van der Waals surface area contributed by atoms with Gasteiger partial charge in [0.15, 0.2) is 0 Å². The number of rotatable bonds is 6. The van der Waals surface area contributed by atoms with E-state index < -0.39 is 17.5 Å². The minimum atomic E-state index is -2.05. The van der Waals surface area contributed by atoms with E-state index in [1.807, 2.05) is 30.3 Å². The second-order valence-electron chi connectivity index (χ2n) is 7.24. The number of carbonyl (C=O) groups excluding carboxylic acids is 1. The molecule has 0 radical (unpaired) electrons. The molecule has 4 rings (SSSR count). The summed E-state index contributed by atoms with van der Waals surface area (Å²) >= 11 is 0. The SMILES string of the molecule is CC(=O)C(Oc1ccccc1)(C(=O)O)N1CCN(c2ccnc3ccccc23)CC1. The molecule has 154 valence electrons. The Balaban J connectivity index is 1.60.